The van der Waals surface area contributed by atoms with E-state index in [1.54, 1.807) is 30.7 Å². The number of amides is 1. The van der Waals surface area contributed by atoms with E-state index in [2.05, 4.69) is 4.98 Å². The lowest BCUT2D eigenvalue weighted by atomic mass is 10.2. The summed E-state index contributed by atoms with van der Waals surface area (Å²) in [4.78, 5) is 18.6. The van der Waals surface area contributed by atoms with E-state index in [1.807, 2.05) is 33.9 Å². The average Bonchev–Trinajstić information content (AvgIpc) is 3.34. The number of hydrogen-bond donors (Lipinski definition) is 0. The maximum atomic E-state index is 12.7. The van der Waals surface area contributed by atoms with Crippen LogP contribution in [0.25, 0.3) is 11.3 Å². The highest BCUT2D eigenvalue weighted by atomic mass is 35.5. The van der Waals surface area contributed by atoms with Gasteiger partial charge in [0.05, 0.1) is 17.4 Å². The molecular formula is C18H16ClN3O2. The van der Waals surface area contributed by atoms with Crippen molar-refractivity contribution in [3.8, 4) is 11.3 Å². The van der Waals surface area contributed by atoms with Gasteiger partial charge in [0.25, 0.3) is 5.91 Å². The zero-order valence-electron chi connectivity index (χ0n) is 12.9. The molecule has 0 saturated carbocycles. The Hall–Kier alpha value is -2.53. The molecule has 1 fully saturated rings. The minimum absolute atomic E-state index is 0.0871. The van der Waals surface area contributed by atoms with E-state index in [0.29, 0.717) is 29.6 Å². The van der Waals surface area contributed by atoms with Crippen LogP contribution in [-0.2, 0) is 0 Å². The predicted molar refractivity (Wildman–Crippen MR) is 90.9 cm³/mol. The summed E-state index contributed by atoms with van der Waals surface area (Å²) in [5, 5.41) is 0.604. The minimum Gasteiger partial charge on any atom is -0.451 e. The van der Waals surface area contributed by atoms with Crippen LogP contribution in [0, 0.1) is 0 Å². The lowest BCUT2D eigenvalue weighted by molar-refractivity contribution is 0.0757. The number of hydrogen-bond acceptors (Lipinski definition) is 3. The van der Waals surface area contributed by atoms with Gasteiger partial charge in [0.1, 0.15) is 5.76 Å². The molecule has 1 atom stereocenters. The number of benzene rings is 1. The second-order valence-electron chi connectivity index (χ2n) is 5.85. The van der Waals surface area contributed by atoms with Crippen LogP contribution in [-0.4, -0.2) is 33.4 Å². The van der Waals surface area contributed by atoms with Crippen LogP contribution in [0.5, 0.6) is 0 Å². The largest absolute Gasteiger partial charge is 0.451 e. The topological polar surface area (TPSA) is 51.3 Å². The van der Waals surface area contributed by atoms with Gasteiger partial charge in [0.15, 0.2) is 5.76 Å². The Morgan fingerprint density at radius 1 is 1.25 bits per heavy atom. The normalized spacial score (nSPS) is 17.4. The van der Waals surface area contributed by atoms with Crippen LogP contribution in [0.15, 0.2) is 59.5 Å². The summed E-state index contributed by atoms with van der Waals surface area (Å²) in [5.41, 5.74) is 0.788. The fourth-order valence-corrected chi connectivity index (χ4v) is 3.30. The van der Waals surface area contributed by atoms with Crippen LogP contribution in [0.1, 0.15) is 23.0 Å². The summed E-state index contributed by atoms with van der Waals surface area (Å²) in [6.45, 7) is 1.38. The fourth-order valence-electron chi connectivity index (χ4n) is 3.07. The Bertz CT molecular complexity index is 857. The van der Waals surface area contributed by atoms with Crippen LogP contribution in [0.4, 0.5) is 0 Å². The number of carbonyl (C=O) groups excluding carboxylic acids is 1. The third kappa shape index (κ3) is 2.71. The van der Waals surface area contributed by atoms with E-state index < -0.39 is 0 Å². The highest BCUT2D eigenvalue weighted by molar-refractivity contribution is 6.33. The van der Waals surface area contributed by atoms with E-state index in [-0.39, 0.29) is 11.9 Å². The molecular weight excluding hydrogens is 326 g/mol. The number of halogens is 1. The molecule has 4 rings (SSSR count). The van der Waals surface area contributed by atoms with Gasteiger partial charge in [-0.05, 0) is 30.7 Å². The Morgan fingerprint density at radius 3 is 2.92 bits per heavy atom. The third-order valence-electron chi connectivity index (χ3n) is 4.35. The summed E-state index contributed by atoms with van der Waals surface area (Å²) in [5.74, 6) is 0.862. The van der Waals surface area contributed by atoms with Crippen molar-refractivity contribution < 1.29 is 9.21 Å². The van der Waals surface area contributed by atoms with Crippen molar-refractivity contribution in [2.75, 3.05) is 13.1 Å². The molecule has 0 bridgehead atoms. The standard InChI is InChI=1S/C18H16ClN3O2/c19-15-4-2-1-3-14(15)16-5-6-17(24-16)18(23)21-9-7-13(11-21)22-10-8-20-12-22/h1-6,8,10,12-13H,7,9,11H2. The van der Waals surface area contributed by atoms with Crippen LogP contribution < -0.4 is 0 Å². The maximum Gasteiger partial charge on any atom is 0.289 e. The molecule has 3 heterocycles. The van der Waals surface area contributed by atoms with Crippen molar-refractivity contribution in [3.63, 3.8) is 0 Å². The molecule has 1 unspecified atom stereocenters. The molecule has 0 aliphatic carbocycles. The molecule has 0 spiro atoms. The first-order valence-corrected chi connectivity index (χ1v) is 8.21. The lowest BCUT2D eigenvalue weighted by Gasteiger charge is -2.15. The summed E-state index contributed by atoms with van der Waals surface area (Å²) in [6, 6.07) is 11.2. The van der Waals surface area contributed by atoms with E-state index in [9.17, 15) is 4.79 Å². The molecule has 1 amide bonds. The van der Waals surface area contributed by atoms with Gasteiger partial charge in [0, 0.05) is 31.0 Å². The van der Waals surface area contributed by atoms with Crippen molar-refractivity contribution in [2.24, 2.45) is 0 Å². The molecule has 2 aromatic heterocycles. The number of furan rings is 1. The molecule has 1 aromatic carbocycles. The van der Waals surface area contributed by atoms with Gasteiger partial charge < -0.3 is 13.9 Å². The Morgan fingerprint density at radius 2 is 2.12 bits per heavy atom. The van der Waals surface area contributed by atoms with E-state index in [1.165, 1.54) is 0 Å². The number of nitrogens with zero attached hydrogens (tertiary/aromatic N) is 3. The summed E-state index contributed by atoms with van der Waals surface area (Å²) >= 11 is 6.19. The zero-order valence-corrected chi connectivity index (χ0v) is 13.7. The van der Waals surface area contributed by atoms with Gasteiger partial charge in [-0.1, -0.05) is 23.7 Å². The van der Waals surface area contributed by atoms with E-state index in [4.69, 9.17) is 16.0 Å². The first kappa shape index (κ1) is 15.0. The van der Waals surface area contributed by atoms with Crippen LogP contribution >= 0.6 is 11.6 Å². The second kappa shape index (κ2) is 6.17. The fraction of sp³-hybridized carbons (Fsp3) is 0.222. The maximum absolute atomic E-state index is 12.7. The van der Waals surface area contributed by atoms with Gasteiger partial charge >= 0.3 is 0 Å². The lowest BCUT2D eigenvalue weighted by Crippen LogP contribution is -2.28. The summed E-state index contributed by atoms with van der Waals surface area (Å²) in [6.07, 6.45) is 6.40. The monoisotopic (exact) mass is 341 g/mol. The molecule has 0 radical (unpaired) electrons. The molecule has 0 N–H and O–H groups in total. The van der Waals surface area contributed by atoms with Gasteiger partial charge in [0.2, 0.25) is 0 Å². The molecule has 3 aromatic rings. The Balaban J connectivity index is 1.51. The van der Waals surface area contributed by atoms with Crippen LogP contribution in [0.2, 0.25) is 5.02 Å². The SMILES string of the molecule is O=C(c1ccc(-c2ccccc2Cl)o1)N1CCC(n2ccnc2)C1. The van der Waals surface area contributed by atoms with E-state index in [0.717, 1.165) is 12.0 Å². The number of carbonyl (C=O) groups is 1. The first-order valence-electron chi connectivity index (χ1n) is 7.84. The molecule has 24 heavy (non-hydrogen) atoms. The molecule has 1 aliphatic heterocycles. The second-order valence-corrected chi connectivity index (χ2v) is 6.25. The van der Waals surface area contributed by atoms with Crippen molar-refractivity contribution in [2.45, 2.75) is 12.5 Å². The summed E-state index contributed by atoms with van der Waals surface area (Å²) < 4.78 is 7.80. The highest BCUT2D eigenvalue weighted by Crippen LogP contribution is 2.30. The number of imidazole rings is 1. The first-order chi connectivity index (χ1) is 11.7. The number of rotatable bonds is 3. The Labute approximate surface area is 144 Å². The third-order valence-corrected chi connectivity index (χ3v) is 4.68. The number of likely N-dealkylation sites (tertiary alicyclic amines) is 1. The minimum atomic E-state index is -0.0871. The predicted octanol–water partition coefficient (Wildman–Crippen LogP) is 3.88. The highest BCUT2D eigenvalue weighted by Gasteiger charge is 2.29. The van der Waals surface area contributed by atoms with Crippen molar-refractivity contribution in [3.05, 3.63) is 65.9 Å². The van der Waals surface area contributed by atoms with Crippen LogP contribution in [0.3, 0.4) is 0 Å². The van der Waals surface area contributed by atoms with Gasteiger partial charge in [-0.25, -0.2) is 4.98 Å². The molecule has 6 heteroatoms. The summed E-state index contributed by atoms with van der Waals surface area (Å²) in [7, 11) is 0. The molecule has 1 saturated heterocycles. The van der Waals surface area contributed by atoms with Crippen molar-refractivity contribution in [1.82, 2.24) is 14.5 Å². The van der Waals surface area contributed by atoms with Crippen molar-refractivity contribution >= 4 is 17.5 Å². The smallest absolute Gasteiger partial charge is 0.289 e. The Kier molecular flexibility index (Phi) is 3.86. The van der Waals surface area contributed by atoms with Gasteiger partial charge in [-0.2, -0.15) is 0 Å². The van der Waals surface area contributed by atoms with Crippen molar-refractivity contribution in [1.29, 1.82) is 0 Å². The molecule has 5 nitrogen and oxygen atoms in total. The van der Waals surface area contributed by atoms with Gasteiger partial charge in [-0.15, -0.1) is 0 Å². The molecule has 1 aliphatic rings. The van der Waals surface area contributed by atoms with E-state index >= 15 is 0 Å². The molecule has 122 valence electrons. The average molecular weight is 342 g/mol. The zero-order chi connectivity index (χ0) is 16.5. The number of aromatic nitrogens is 2. The quantitative estimate of drug-likeness (QED) is 0.726. The van der Waals surface area contributed by atoms with Gasteiger partial charge in [-0.3, -0.25) is 4.79 Å².